The Bertz CT molecular complexity index is 1030. The van der Waals surface area contributed by atoms with E-state index in [4.69, 9.17) is 9.73 Å². The molecule has 1 amide bonds. The summed E-state index contributed by atoms with van der Waals surface area (Å²) in [5.41, 5.74) is 3.88. The number of esters is 1. The maximum atomic E-state index is 13.1. The van der Waals surface area contributed by atoms with E-state index in [1.807, 2.05) is 42.5 Å². The molecule has 5 nitrogen and oxygen atoms in total. The first-order valence-corrected chi connectivity index (χ1v) is 11.1. The predicted molar refractivity (Wildman–Crippen MR) is 120 cm³/mol. The third-order valence-corrected chi connectivity index (χ3v) is 6.19. The van der Waals surface area contributed by atoms with Crippen LogP contribution in [0.1, 0.15) is 49.4 Å². The zero-order valence-electron chi connectivity index (χ0n) is 17.3. The molecule has 2 aliphatic heterocycles. The van der Waals surface area contributed by atoms with Gasteiger partial charge in [-0.15, -0.1) is 0 Å². The van der Waals surface area contributed by atoms with Gasteiger partial charge in [0, 0.05) is 5.56 Å². The number of ether oxygens (including phenoxy) is 1. The van der Waals surface area contributed by atoms with E-state index in [9.17, 15) is 9.59 Å². The maximum absolute atomic E-state index is 13.1. The number of hydrogen-bond donors (Lipinski definition) is 0. The Morgan fingerprint density at radius 1 is 1.17 bits per heavy atom. The highest BCUT2D eigenvalue weighted by atomic mass is 32.2. The number of benzene rings is 2. The highest BCUT2D eigenvalue weighted by Gasteiger charge is 2.44. The van der Waals surface area contributed by atoms with Crippen LogP contribution in [0.5, 0.6) is 0 Å². The highest BCUT2D eigenvalue weighted by molar-refractivity contribution is 8.15. The molecule has 2 aromatic rings. The molecule has 0 bridgehead atoms. The van der Waals surface area contributed by atoms with Gasteiger partial charge in [0.25, 0.3) is 0 Å². The van der Waals surface area contributed by atoms with E-state index in [-0.39, 0.29) is 12.5 Å². The van der Waals surface area contributed by atoms with Gasteiger partial charge in [-0.3, -0.25) is 9.69 Å². The zero-order valence-corrected chi connectivity index (χ0v) is 18.1. The standard InChI is InChI=1S/C24H24N2O3S/c1-4-29-23(28)20-21(17-8-6-5-7-9-17)25-24-26(19(27)14-30-24)22(20)18-12-10-16(11-13-18)15(2)3/h5-13,15,22H,4,14H2,1-3H3/t22-/m0/s1. The van der Waals surface area contributed by atoms with Crippen molar-refractivity contribution in [1.82, 2.24) is 4.90 Å². The summed E-state index contributed by atoms with van der Waals surface area (Å²) in [7, 11) is 0. The molecule has 2 aliphatic rings. The van der Waals surface area contributed by atoms with Gasteiger partial charge in [0.05, 0.1) is 29.7 Å². The number of fused-ring (bicyclic) bond motifs is 1. The Hall–Kier alpha value is -2.86. The van der Waals surface area contributed by atoms with Crippen LogP contribution in [0.4, 0.5) is 0 Å². The predicted octanol–water partition coefficient (Wildman–Crippen LogP) is 4.77. The topological polar surface area (TPSA) is 59.0 Å². The molecule has 1 fully saturated rings. The third kappa shape index (κ3) is 3.67. The average Bonchev–Trinajstić information content (AvgIpc) is 3.14. The quantitative estimate of drug-likeness (QED) is 0.654. The van der Waals surface area contributed by atoms with E-state index in [0.29, 0.717) is 28.1 Å². The van der Waals surface area contributed by atoms with Crippen molar-refractivity contribution in [2.75, 3.05) is 12.4 Å². The van der Waals surface area contributed by atoms with Crippen LogP contribution in [0.25, 0.3) is 5.70 Å². The summed E-state index contributed by atoms with van der Waals surface area (Å²) in [4.78, 5) is 32.3. The smallest absolute Gasteiger partial charge is 0.338 e. The largest absolute Gasteiger partial charge is 0.463 e. The first-order valence-electron chi connectivity index (χ1n) is 10.1. The number of carbonyl (C=O) groups is 2. The summed E-state index contributed by atoms with van der Waals surface area (Å²) in [5.74, 6) is 0.219. The normalized spacial score (nSPS) is 18.5. The number of hydrogen-bond acceptors (Lipinski definition) is 5. The lowest BCUT2D eigenvalue weighted by atomic mass is 9.90. The molecule has 2 aromatic carbocycles. The van der Waals surface area contributed by atoms with Gasteiger partial charge in [0.2, 0.25) is 5.91 Å². The van der Waals surface area contributed by atoms with Crippen molar-refractivity contribution in [2.24, 2.45) is 4.99 Å². The Balaban J connectivity index is 1.93. The second-order valence-electron chi connectivity index (χ2n) is 7.52. The number of carbonyl (C=O) groups excluding carboxylic acids is 2. The summed E-state index contributed by atoms with van der Waals surface area (Å²) < 4.78 is 5.42. The molecule has 154 valence electrons. The Labute approximate surface area is 180 Å². The highest BCUT2D eigenvalue weighted by Crippen LogP contribution is 2.44. The molecule has 0 N–H and O–H groups in total. The number of thioether (sulfide) groups is 1. The molecule has 1 atom stereocenters. The van der Waals surface area contributed by atoms with Gasteiger partial charge in [-0.1, -0.05) is 80.2 Å². The van der Waals surface area contributed by atoms with Gasteiger partial charge in [0.15, 0.2) is 5.17 Å². The third-order valence-electron chi connectivity index (χ3n) is 5.26. The summed E-state index contributed by atoms with van der Waals surface area (Å²) in [6.07, 6.45) is 0. The van der Waals surface area contributed by atoms with Crippen LogP contribution in [0.2, 0.25) is 0 Å². The molecule has 0 aliphatic carbocycles. The van der Waals surface area contributed by atoms with Gasteiger partial charge in [-0.2, -0.15) is 0 Å². The zero-order chi connectivity index (χ0) is 21.3. The van der Waals surface area contributed by atoms with E-state index < -0.39 is 12.0 Å². The molecule has 0 radical (unpaired) electrons. The molecule has 30 heavy (non-hydrogen) atoms. The van der Waals surface area contributed by atoms with Gasteiger partial charge in [0.1, 0.15) is 0 Å². The summed E-state index contributed by atoms with van der Waals surface area (Å²) in [6, 6.07) is 17.2. The fourth-order valence-electron chi connectivity index (χ4n) is 3.74. The van der Waals surface area contributed by atoms with Crippen molar-refractivity contribution in [3.05, 3.63) is 76.9 Å². The number of amides is 1. The van der Waals surface area contributed by atoms with E-state index in [2.05, 4.69) is 26.0 Å². The number of amidine groups is 1. The molecule has 4 rings (SSSR count). The Morgan fingerprint density at radius 2 is 1.87 bits per heavy atom. The van der Waals surface area contributed by atoms with Crippen LogP contribution in [-0.2, 0) is 14.3 Å². The molecule has 0 saturated carbocycles. The van der Waals surface area contributed by atoms with Crippen molar-refractivity contribution < 1.29 is 14.3 Å². The SMILES string of the molecule is CCOC(=O)C1=C(c2ccccc2)N=C2SCC(=O)N2[C@H]1c1ccc(C(C)C)cc1. The van der Waals surface area contributed by atoms with E-state index in [1.54, 1.807) is 11.8 Å². The number of aliphatic imine (C=N–C) groups is 1. The molecule has 0 aromatic heterocycles. The Kier molecular flexibility index (Phi) is 5.77. The lowest BCUT2D eigenvalue weighted by Gasteiger charge is -2.33. The van der Waals surface area contributed by atoms with Crippen molar-refractivity contribution >= 4 is 34.5 Å². The Morgan fingerprint density at radius 3 is 2.50 bits per heavy atom. The van der Waals surface area contributed by atoms with Crippen LogP contribution in [0.15, 0.2) is 65.2 Å². The molecule has 2 heterocycles. The molecular formula is C24H24N2O3S. The minimum absolute atomic E-state index is 0.0504. The average molecular weight is 421 g/mol. The molecule has 6 heteroatoms. The fourth-order valence-corrected chi connectivity index (χ4v) is 4.63. The van der Waals surface area contributed by atoms with Gasteiger partial charge < -0.3 is 4.74 Å². The fraction of sp³-hybridized carbons (Fsp3) is 0.292. The molecule has 0 unspecified atom stereocenters. The van der Waals surface area contributed by atoms with Crippen molar-refractivity contribution in [3.63, 3.8) is 0 Å². The minimum Gasteiger partial charge on any atom is -0.463 e. The van der Waals surface area contributed by atoms with Crippen LogP contribution in [0.3, 0.4) is 0 Å². The monoisotopic (exact) mass is 420 g/mol. The first-order chi connectivity index (χ1) is 14.5. The summed E-state index contributed by atoms with van der Waals surface area (Å²) in [5, 5.41) is 0.629. The lowest BCUT2D eigenvalue weighted by Crippen LogP contribution is -2.39. The molecule has 0 spiro atoms. The lowest BCUT2D eigenvalue weighted by molar-refractivity contribution is -0.139. The van der Waals surface area contributed by atoms with Crippen LogP contribution >= 0.6 is 11.8 Å². The van der Waals surface area contributed by atoms with Crippen molar-refractivity contribution in [2.45, 2.75) is 32.7 Å². The van der Waals surface area contributed by atoms with E-state index in [1.165, 1.54) is 17.3 Å². The van der Waals surface area contributed by atoms with Crippen molar-refractivity contribution in [3.8, 4) is 0 Å². The van der Waals surface area contributed by atoms with Crippen LogP contribution < -0.4 is 0 Å². The second kappa shape index (κ2) is 8.48. The summed E-state index contributed by atoms with van der Waals surface area (Å²) in [6.45, 7) is 6.31. The van der Waals surface area contributed by atoms with Crippen LogP contribution in [-0.4, -0.2) is 34.3 Å². The van der Waals surface area contributed by atoms with Gasteiger partial charge in [-0.05, 0) is 24.0 Å². The number of nitrogens with zero attached hydrogens (tertiary/aromatic N) is 2. The molecule has 1 saturated heterocycles. The first kappa shape index (κ1) is 20.4. The van der Waals surface area contributed by atoms with Crippen LogP contribution in [0, 0.1) is 0 Å². The van der Waals surface area contributed by atoms with Gasteiger partial charge in [-0.25, -0.2) is 9.79 Å². The van der Waals surface area contributed by atoms with Gasteiger partial charge >= 0.3 is 5.97 Å². The number of rotatable bonds is 5. The van der Waals surface area contributed by atoms with Crippen molar-refractivity contribution in [1.29, 1.82) is 0 Å². The van der Waals surface area contributed by atoms with E-state index >= 15 is 0 Å². The maximum Gasteiger partial charge on any atom is 0.338 e. The van der Waals surface area contributed by atoms with E-state index in [0.717, 1.165) is 11.1 Å². The summed E-state index contributed by atoms with van der Waals surface area (Å²) >= 11 is 1.41. The molecular weight excluding hydrogens is 396 g/mol. The second-order valence-corrected chi connectivity index (χ2v) is 8.46. The minimum atomic E-state index is -0.560.